The molecule has 5 nitrogen and oxygen atoms in total. The molecule has 0 aliphatic rings. The van der Waals surface area contributed by atoms with Crippen molar-refractivity contribution in [2.45, 2.75) is 19.5 Å². The fraction of sp³-hybridized carbons (Fsp3) is 0.231. The van der Waals surface area contributed by atoms with E-state index in [1.54, 1.807) is 23.0 Å². The summed E-state index contributed by atoms with van der Waals surface area (Å²) >= 11 is 0. The highest BCUT2D eigenvalue weighted by atomic mass is 19.1. The largest absolute Gasteiger partial charge is 0.334 e. The summed E-state index contributed by atoms with van der Waals surface area (Å²) in [6.07, 6.45) is 3.49. The summed E-state index contributed by atoms with van der Waals surface area (Å²) in [6.45, 7) is 2.40. The standard InChI is InChI=1S/C13H15FN4O/c1-10(9-18-8-4-7-15-18)16-13(19)17-12-6-3-2-5-11(12)14/h2-8,10H,9H2,1H3,(H2,16,17,19). The molecule has 2 amide bonds. The molecule has 6 heteroatoms. The molecule has 0 saturated heterocycles. The monoisotopic (exact) mass is 262 g/mol. The van der Waals surface area contributed by atoms with E-state index in [2.05, 4.69) is 15.7 Å². The van der Waals surface area contributed by atoms with Gasteiger partial charge in [-0.05, 0) is 25.1 Å². The number of hydrogen-bond acceptors (Lipinski definition) is 2. The second kappa shape index (κ2) is 5.99. The first-order valence-electron chi connectivity index (χ1n) is 5.94. The fourth-order valence-electron chi connectivity index (χ4n) is 1.68. The maximum atomic E-state index is 13.3. The summed E-state index contributed by atoms with van der Waals surface area (Å²) in [5, 5.41) is 9.23. The number of para-hydroxylation sites is 1. The molecule has 0 radical (unpaired) electrons. The first-order valence-corrected chi connectivity index (χ1v) is 5.94. The Bertz CT molecular complexity index is 541. The zero-order chi connectivity index (χ0) is 13.7. The number of nitrogens with zero attached hydrogens (tertiary/aromatic N) is 2. The molecule has 0 saturated carbocycles. The molecular weight excluding hydrogens is 247 g/mol. The van der Waals surface area contributed by atoms with Gasteiger partial charge in [0.25, 0.3) is 0 Å². The summed E-state index contributed by atoms with van der Waals surface area (Å²) in [6, 6.07) is 7.28. The van der Waals surface area contributed by atoms with Crippen molar-refractivity contribution in [2.75, 3.05) is 5.32 Å². The third-order valence-electron chi connectivity index (χ3n) is 2.52. The first-order chi connectivity index (χ1) is 9.15. The Morgan fingerprint density at radius 1 is 1.42 bits per heavy atom. The van der Waals surface area contributed by atoms with Gasteiger partial charge in [0.05, 0.1) is 12.2 Å². The Labute approximate surface area is 110 Å². The van der Waals surface area contributed by atoms with Gasteiger partial charge in [-0.15, -0.1) is 0 Å². The second-order valence-corrected chi connectivity index (χ2v) is 4.21. The summed E-state index contributed by atoms with van der Waals surface area (Å²) in [7, 11) is 0. The lowest BCUT2D eigenvalue weighted by Gasteiger charge is -2.14. The number of amides is 2. The van der Waals surface area contributed by atoms with Crippen molar-refractivity contribution in [3.05, 3.63) is 48.5 Å². The molecule has 1 atom stereocenters. The second-order valence-electron chi connectivity index (χ2n) is 4.21. The SMILES string of the molecule is CC(Cn1cccn1)NC(=O)Nc1ccccc1F. The molecule has 1 aromatic heterocycles. The van der Waals surface area contributed by atoms with Gasteiger partial charge in [-0.3, -0.25) is 4.68 Å². The summed E-state index contributed by atoms with van der Waals surface area (Å²) in [5.74, 6) is -0.461. The molecule has 19 heavy (non-hydrogen) atoms. The van der Waals surface area contributed by atoms with E-state index in [9.17, 15) is 9.18 Å². The number of urea groups is 1. The minimum atomic E-state index is -0.461. The normalized spacial score (nSPS) is 11.9. The van der Waals surface area contributed by atoms with Crippen molar-refractivity contribution in [1.29, 1.82) is 0 Å². The molecule has 2 rings (SSSR count). The van der Waals surface area contributed by atoms with E-state index < -0.39 is 11.8 Å². The Morgan fingerprint density at radius 3 is 2.89 bits per heavy atom. The van der Waals surface area contributed by atoms with E-state index in [0.29, 0.717) is 6.54 Å². The Balaban J connectivity index is 1.86. The van der Waals surface area contributed by atoms with Crippen molar-refractivity contribution < 1.29 is 9.18 Å². The fourth-order valence-corrected chi connectivity index (χ4v) is 1.68. The van der Waals surface area contributed by atoms with Crippen molar-refractivity contribution in [2.24, 2.45) is 0 Å². The zero-order valence-electron chi connectivity index (χ0n) is 10.5. The Morgan fingerprint density at radius 2 is 2.21 bits per heavy atom. The zero-order valence-corrected chi connectivity index (χ0v) is 10.5. The molecule has 1 aromatic carbocycles. The van der Waals surface area contributed by atoms with Crippen LogP contribution < -0.4 is 10.6 Å². The van der Waals surface area contributed by atoms with Gasteiger partial charge in [-0.2, -0.15) is 5.10 Å². The molecule has 2 aromatic rings. The van der Waals surface area contributed by atoms with E-state index in [1.165, 1.54) is 12.1 Å². The van der Waals surface area contributed by atoms with Crippen LogP contribution in [0, 0.1) is 5.82 Å². The van der Waals surface area contributed by atoms with Crippen LogP contribution >= 0.6 is 0 Å². The number of nitrogens with one attached hydrogen (secondary N) is 2. The van der Waals surface area contributed by atoms with Crippen LogP contribution in [0.2, 0.25) is 0 Å². The Kier molecular flexibility index (Phi) is 4.12. The third kappa shape index (κ3) is 3.80. The Hall–Kier alpha value is -2.37. The maximum absolute atomic E-state index is 13.3. The van der Waals surface area contributed by atoms with Gasteiger partial charge in [-0.25, -0.2) is 9.18 Å². The third-order valence-corrected chi connectivity index (χ3v) is 2.52. The molecule has 0 spiro atoms. The van der Waals surface area contributed by atoms with Crippen LogP contribution in [-0.2, 0) is 6.54 Å². The first kappa shape index (κ1) is 13.1. The lowest BCUT2D eigenvalue weighted by atomic mass is 10.3. The van der Waals surface area contributed by atoms with Crippen LogP contribution in [0.25, 0.3) is 0 Å². The smallest absolute Gasteiger partial charge is 0.319 e. The number of carbonyl (C=O) groups is 1. The number of aromatic nitrogens is 2. The topological polar surface area (TPSA) is 59.0 Å². The average molecular weight is 262 g/mol. The number of hydrogen-bond donors (Lipinski definition) is 2. The van der Waals surface area contributed by atoms with Crippen molar-refractivity contribution >= 4 is 11.7 Å². The van der Waals surface area contributed by atoms with E-state index in [1.807, 2.05) is 19.2 Å². The van der Waals surface area contributed by atoms with Crippen molar-refractivity contribution in [1.82, 2.24) is 15.1 Å². The number of halogens is 1. The van der Waals surface area contributed by atoms with E-state index in [-0.39, 0.29) is 11.7 Å². The molecule has 0 aliphatic heterocycles. The molecule has 2 N–H and O–H groups in total. The molecule has 0 bridgehead atoms. The molecule has 0 aliphatic carbocycles. The van der Waals surface area contributed by atoms with Gasteiger partial charge < -0.3 is 10.6 Å². The van der Waals surface area contributed by atoms with Crippen LogP contribution in [0.5, 0.6) is 0 Å². The van der Waals surface area contributed by atoms with Crippen molar-refractivity contribution in [3.8, 4) is 0 Å². The number of carbonyl (C=O) groups excluding carboxylic acids is 1. The lowest BCUT2D eigenvalue weighted by Crippen LogP contribution is -2.38. The highest BCUT2D eigenvalue weighted by molar-refractivity contribution is 5.89. The van der Waals surface area contributed by atoms with Gasteiger partial charge in [0.1, 0.15) is 5.82 Å². The molecule has 100 valence electrons. The van der Waals surface area contributed by atoms with Crippen LogP contribution in [0.4, 0.5) is 14.9 Å². The van der Waals surface area contributed by atoms with Crippen LogP contribution in [-0.4, -0.2) is 21.9 Å². The van der Waals surface area contributed by atoms with E-state index >= 15 is 0 Å². The minimum absolute atomic E-state index is 0.119. The maximum Gasteiger partial charge on any atom is 0.319 e. The van der Waals surface area contributed by atoms with Gasteiger partial charge in [0, 0.05) is 18.4 Å². The predicted molar refractivity (Wildman–Crippen MR) is 70.2 cm³/mol. The molecule has 1 heterocycles. The number of rotatable bonds is 4. The molecular formula is C13H15FN4O. The van der Waals surface area contributed by atoms with E-state index in [0.717, 1.165) is 0 Å². The lowest BCUT2D eigenvalue weighted by molar-refractivity contribution is 0.247. The average Bonchev–Trinajstić information content (AvgIpc) is 2.84. The van der Waals surface area contributed by atoms with Gasteiger partial charge >= 0.3 is 6.03 Å². The van der Waals surface area contributed by atoms with E-state index in [4.69, 9.17) is 0 Å². The summed E-state index contributed by atoms with van der Waals surface area (Å²) in [4.78, 5) is 11.7. The van der Waals surface area contributed by atoms with Gasteiger partial charge in [0.2, 0.25) is 0 Å². The highest BCUT2D eigenvalue weighted by Gasteiger charge is 2.09. The van der Waals surface area contributed by atoms with Crippen LogP contribution in [0.1, 0.15) is 6.92 Å². The van der Waals surface area contributed by atoms with Gasteiger partial charge in [0.15, 0.2) is 0 Å². The van der Waals surface area contributed by atoms with Gasteiger partial charge in [-0.1, -0.05) is 12.1 Å². The summed E-state index contributed by atoms with van der Waals surface area (Å²) in [5.41, 5.74) is 0.159. The predicted octanol–water partition coefficient (Wildman–Crippen LogP) is 2.23. The molecule has 1 unspecified atom stereocenters. The quantitative estimate of drug-likeness (QED) is 0.887. The van der Waals surface area contributed by atoms with Crippen LogP contribution in [0.15, 0.2) is 42.7 Å². The summed E-state index contributed by atoms with van der Waals surface area (Å²) < 4.78 is 15.1. The molecule has 0 fully saturated rings. The van der Waals surface area contributed by atoms with Crippen LogP contribution in [0.3, 0.4) is 0 Å². The highest BCUT2D eigenvalue weighted by Crippen LogP contribution is 2.11. The minimum Gasteiger partial charge on any atom is -0.334 e. The number of anilines is 1. The number of benzene rings is 1. The van der Waals surface area contributed by atoms with Crippen molar-refractivity contribution in [3.63, 3.8) is 0 Å².